The van der Waals surface area contributed by atoms with Crippen LogP contribution in [0.3, 0.4) is 0 Å². The molecule has 0 bridgehead atoms. The molecule has 1 atom stereocenters. The first-order valence-electron chi connectivity index (χ1n) is 6.87. The maximum atomic E-state index is 6.28. The molecule has 5 heteroatoms. The fourth-order valence-electron chi connectivity index (χ4n) is 2.17. The van der Waals surface area contributed by atoms with Crippen LogP contribution in [0.2, 0.25) is 0 Å². The van der Waals surface area contributed by atoms with E-state index in [1.165, 1.54) is 10.5 Å². The van der Waals surface area contributed by atoms with Crippen LogP contribution in [0, 0.1) is 12.8 Å². The summed E-state index contributed by atoms with van der Waals surface area (Å²) in [7, 11) is 0. The number of rotatable bonds is 5. The van der Waals surface area contributed by atoms with Crippen molar-refractivity contribution in [3.8, 4) is 0 Å². The third-order valence-corrected chi connectivity index (χ3v) is 4.75. The van der Waals surface area contributed by atoms with Gasteiger partial charge in [0, 0.05) is 4.90 Å². The minimum absolute atomic E-state index is 0.472. The van der Waals surface area contributed by atoms with E-state index in [0.29, 0.717) is 23.4 Å². The van der Waals surface area contributed by atoms with E-state index in [4.69, 9.17) is 10.3 Å². The van der Waals surface area contributed by atoms with Crippen LogP contribution in [0.25, 0.3) is 0 Å². The van der Waals surface area contributed by atoms with Gasteiger partial charge in [-0.25, -0.2) is 0 Å². The number of aromatic nitrogens is 2. The molecular formula is C15H19N3OS. The standard InChI is InChI=1S/C15H19N3OS/c1-10-3-7-12(8-4-10)20-9-13-17-14(19-18-13)15(2,16)11-5-6-11/h3-4,7-8,11H,5-6,9,16H2,1-2H3. The highest BCUT2D eigenvalue weighted by atomic mass is 32.2. The van der Waals surface area contributed by atoms with Crippen molar-refractivity contribution in [3.63, 3.8) is 0 Å². The smallest absolute Gasteiger partial charge is 0.246 e. The average molecular weight is 289 g/mol. The molecule has 0 radical (unpaired) electrons. The molecule has 2 N–H and O–H groups in total. The second kappa shape index (κ2) is 5.22. The Bertz CT molecular complexity index is 587. The Kier molecular flexibility index (Phi) is 3.56. The Balaban J connectivity index is 1.64. The number of benzene rings is 1. The predicted molar refractivity (Wildman–Crippen MR) is 79.3 cm³/mol. The molecule has 0 amide bonds. The zero-order valence-corrected chi connectivity index (χ0v) is 12.6. The Hall–Kier alpha value is -1.33. The highest BCUT2D eigenvalue weighted by Crippen LogP contribution is 2.43. The molecule has 0 saturated heterocycles. The van der Waals surface area contributed by atoms with Crippen molar-refractivity contribution in [1.29, 1.82) is 0 Å². The molecule has 4 nitrogen and oxygen atoms in total. The molecule has 1 aromatic heterocycles. The van der Waals surface area contributed by atoms with E-state index in [9.17, 15) is 0 Å². The lowest BCUT2D eigenvalue weighted by atomic mass is 9.97. The highest BCUT2D eigenvalue weighted by Gasteiger charge is 2.43. The lowest BCUT2D eigenvalue weighted by Crippen LogP contribution is -2.35. The van der Waals surface area contributed by atoms with E-state index in [1.54, 1.807) is 11.8 Å². The van der Waals surface area contributed by atoms with Crippen LogP contribution in [-0.2, 0) is 11.3 Å². The third kappa shape index (κ3) is 2.88. The SMILES string of the molecule is Cc1ccc(SCc2noc(C(C)(N)C3CC3)n2)cc1. The summed E-state index contributed by atoms with van der Waals surface area (Å²) < 4.78 is 5.34. The first-order valence-corrected chi connectivity index (χ1v) is 7.85. The van der Waals surface area contributed by atoms with Gasteiger partial charge in [0.05, 0.1) is 11.3 Å². The van der Waals surface area contributed by atoms with Gasteiger partial charge in [-0.15, -0.1) is 11.8 Å². The van der Waals surface area contributed by atoms with Crippen molar-refractivity contribution in [3.05, 3.63) is 41.5 Å². The van der Waals surface area contributed by atoms with E-state index < -0.39 is 5.54 Å². The number of hydrogen-bond acceptors (Lipinski definition) is 5. The summed E-state index contributed by atoms with van der Waals surface area (Å²) in [6.07, 6.45) is 2.31. The summed E-state index contributed by atoms with van der Waals surface area (Å²) in [5.74, 6) is 2.47. The largest absolute Gasteiger partial charge is 0.337 e. The zero-order valence-electron chi connectivity index (χ0n) is 11.8. The fraction of sp³-hybridized carbons (Fsp3) is 0.467. The second-order valence-electron chi connectivity index (χ2n) is 5.67. The summed E-state index contributed by atoms with van der Waals surface area (Å²) in [4.78, 5) is 5.66. The quantitative estimate of drug-likeness (QED) is 0.856. The molecule has 2 aromatic rings. The monoisotopic (exact) mass is 289 g/mol. The number of nitrogens with zero attached hydrogens (tertiary/aromatic N) is 2. The van der Waals surface area contributed by atoms with Crippen molar-refractivity contribution in [2.45, 2.75) is 42.9 Å². The van der Waals surface area contributed by atoms with Crippen molar-refractivity contribution in [2.75, 3.05) is 0 Å². The summed E-state index contributed by atoms with van der Waals surface area (Å²) in [6.45, 7) is 4.06. The minimum Gasteiger partial charge on any atom is -0.337 e. The molecular weight excluding hydrogens is 270 g/mol. The van der Waals surface area contributed by atoms with Crippen LogP contribution in [0.4, 0.5) is 0 Å². The second-order valence-corrected chi connectivity index (χ2v) is 6.72. The molecule has 1 aliphatic rings. The Morgan fingerprint density at radius 1 is 1.35 bits per heavy atom. The summed E-state index contributed by atoms with van der Waals surface area (Å²) in [6, 6.07) is 8.43. The zero-order chi connectivity index (χ0) is 14.2. The number of hydrogen-bond donors (Lipinski definition) is 1. The van der Waals surface area contributed by atoms with Crippen molar-refractivity contribution < 1.29 is 4.52 Å². The van der Waals surface area contributed by atoms with Gasteiger partial charge in [-0.05, 0) is 44.7 Å². The molecule has 20 heavy (non-hydrogen) atoms. The third-order valence-electron chi connectivity index (χ3n) is 3.74. The minimum atomic E-state index is -0.472. The van der Waals surface area contributed by atoms with Gasteiger partial charge in [0.15, 0.2) is 5.82 Å². The van der Waals surface area contributed by atoms with E-state index in [2.05, 4.69) is 41.3 Å². The molecule has 1 saturated carbocycles. The van der Waals surface area contributed by atoms with E-state index >= 15 is 0 Å². The molecule has 0 aliphatic heterocycles. The van der Waals surface area contributed by atoms with Crippen molar-refractivity contribution in [1.82, 2.24) is 10.1 Å². The first kappa shape index (κ1) is 13.6. The molecule has 1 fully saturated rings. The van der Waals surface area contributed by atoms with Crippen LogP contribution in [0.5, 0.6) is 0 Å². The van der Waals surface area contributed by atoms with Gasteiger partial charge in [-0.3, -0.25) is 0 Å². The maximum absolute atomic E-state index is 6.28. The van der Waals surface area contributed by atoms with Gasteiger partial charge in [0.25, 0.3) is 0 Å². The summed E-state index contributed by atoms with van der Waals surface area (Å²) in [5.41, 5.74) is 7.07. The normalized spacial score (nSPS) is 17.9. The average Bonchev–Trinajstić information content (AvgIpc) is 3.18. The van der Waals surface area contributed by atoms with Crippen molar-refractivity contribution >= 4 is 11.8 Å². The predicted octanol–water partition coefficient (Wildman–Crippen LogP) is 3.25. The lowest BCUT2D eigenvalue weighted by Gasteiger charge is -2.18. The van der Waals surface area contributed by atoms with Gasteiger partial charge in [-0.1, -0.05) is 22.9 Å². The van der Waals surface area contributed by atoms with Gasteiger partial charge < -0.3 is 10.3 Å². The molecule has 106 valence electrons. The van der Waals surface area contributed by atoms with Crippen LogP contribution in [0.1, 0.15) is 37.0 Å². The number of nitrogens with two attached hydrogens (primary N) is 1. The Labute approximate surface area is 123 Å². The topological polar surface area (TPSA) is 64.9 Å². The molecule has 0 spiro atoms. The number of aryl methyl sites for hydroxylation is 1. The summed E-state index contributed by atoms with van der Waals surface area (Å²) in [5, 5.41) is 4.04. The van der Waals surface area contributed by atoms with Crippen LogP contribution >= 0.6 is 11.8 Å². The van der Waals surface area contributed by atoms with E-state index in [1.807, 2.05) is 6.92 Å². The molecule has 1 heterocycles. The molecule has 1 aliphatic carbocycles. The maximum Gasteiger partial charge on any atom is 0.246 e. The van der Waals surface area contributed by atoms with Crippen LogP contribution in [0.15, 0.2) is 33.7 Å². The molecule has 1 aromatic carbocycles. The number of thioether (sulfide) groups is 1. The van der Waals surface area contributed by atoms with Crippen LogP contribution < -0.4 is 5.73 Å². The highest BCUT2D eigenvalue weighted by molar-refractivity contribution is 7.98. The van der Waals surface area contributed by atoms with Gasteiger partial charge in [0.2, 0.25) is 5.89 Å². The van der Waals surface area contributed by atoms with Gasteiger partial charge in [0.1, 0.15) is 0 Å². The van der Waals surface area contributed by atoms with Crippen molar-refractivity contribution in [2.24, 2.45) is 11.7 Å². The Morgan fingerprint density at radius 3 is 2.70 bits per heavy atom. The molecule has 3 rings (SSSR count). The van der Waals surface area contributed by atoms with E-state index in [-0.39, 0.29) is 0 Å². The lowest BCUT2D eigenvalue weighted by molar-refractivity contribution is 0.272. The first-order chi connectivity index (χ1) is 9.55. The Morgan fingerprint density at radius 2 is 2.05 bits per heavy atom. The van der Waals surface area contributed by atoms with Crippen LogP contribution in [-0.4, -0.2) is 10.1 Å². The van der Waals surface area contributed by atoms with Gasteiger partial charge >= 0.3 is 0 Å². The summed E-state index contributed by atoms with van der Waals surface area (Å²) >= 11 is 1.70. The van der Waals surface area contributed by atoms with Gasteiger partial charge in [-0.2, -0.15) is 4.98 Å². The molecule has 1 unspecified atom stereocenters. The van der Waals surface area contributed by atoms with E-state index in [0.717, 1.165) is 12.8 Å². The fourth-order valence-corrected chi connectivity index (χ4v) is 2.91.